The van der Waals surface area contributed by atoms with Gasteiger partial charge in [0.2, 0.25) is 0 Å². The number of nitrogens with two attached hydrogens (primary N) is 1. The zero-order chi connectivity index (χ0) is 11.7. The van der Waals surface area contributed by atoms with Crippen molar-refractivity contribution in [1.29, 1.82) is 0 Å². The highest BCUT2D eigenvalue weighted by molar-refractivity contribution is 5.57. The van der Waals surface area contributed by atoms with Crippen molar-refractivity contribution in [2.45, 2.75) is 31.6 Å². The van der Waals surface area contributed by atoms with Crippen LogP contribution in [0.5, 0.6) is 0 Å². The van der Waals surface area contributed by atoms with Crippen LogP contribution >= 0.6 is 0 Å². The molecule has 5 heteroatoms. The third-order valence-corrected chi connectivity index (χ3v) is 3.28. The summed E-state index contributed by atoms with van der Waals surface area (Å²) in [5.41, 5.74) is 6.56. The number of anilines is 1. The van der Waals surface area contributed by atoms with Gasteiger partial charge in [-0.15, -0.1) is 0 Å². The van der Waals surface area contributed by atoms with E-state index < -0.39 is 0 Å². The average Bonchev–Trinajstić information content (AvgIpc) is 3.00. The summed E-state index contributed by atoms with van der Waals surface area (Å²) in [6, 6.07) is 3.67. The van der Waals surface area contributed by atoms with Gasteiger partial charge in [-0.1, -0.05) is 12.8 Å². The van der Waals surface area contributed by atoms with Gasteiger partial charge in [0.05, 0.1) is 0 Å². The van der Waals surface area contributed by atoms with Gasteiger partial charge in [-0.05, 0) is 25.0 Å². The molecule has 2 aromatic rings. The Bertz CT molecular complexity index is 513. The number of rotatable bonds is 2. The van der Waals surface area contributed by atoms with Crippen LogP contribution in [0.25, 0.3) is 11.4 Å². The van der Waals surface area contributed by atoms with Crippen LogP contribution in [0.3, 0.4) is 0 Å². The minimum absolute atomic E-state index is 0.495. The smallest absolute Gasteiger partial charge is 0.181 e. The molecule has 1 aliphatic carbocycles. The van der Waals surface area contributed by atoms with Crippen molar-refractivity contribution in [2.24, 2.45) is 0 Å². The lowest BCUT2D eigenvalue weighted by atomic mass is 10.1. The van der Waals surface area contributed by atoms with Crippen LogP contribution in [0.4, 0.5) is 5.82 Å². The maximum atomic E-state index is 5.65. The maximum absolute atomic E-state index is 5.65. The Balaban J connectivity index is 1.89. The highest BCUT2D eigenvalue weighted by Gasteiger charge is 2.20. The molecule has 1 saturated carbocycles. The lowest BCUT2D eigenvalue weighted by Gasteiger charge is -2.01. The summed E-state index contributed by atoms with van der Waals surface area (Å²) in [6.07, 6.45) is 6.70. The van der Waals surface area contributed by atoms with Gasteiger partial charge < -0.3 is 5.73 Å². The van der Waals surface area contributed by atoms with E-state index in [4.69, 9.17) is 5.73 Å². The predicted molar refractivity (Wildman–Crippen MR) is 65.2 cm³/mol. The monoisotopic (exact) mass is 229 g/mol. The van der Waals surface area contributed by atoms with Gasteiger partial charge in [0.15, 0.2) is 5.82 Å². The van der Waals surface area contributed by atoms with Gasteiger partial charge in [-0.3, -0.25) is 5.10 Å². The van der Waals surface area contributed by atoms with Gasteiger partial charge in [0, 0.05) is 17.7 Å². The molecule has 0 radical (unpaired) electrons. The second kappa shape index (κ2) is 4.16. The molecule has 0 unspecified atom stereocenters. The third kappa shape index (κ3) is 2.00. The molecule has 3 rings (SSSR count). The Kier molecular flexibility index (Phi) is 2.51. The van der Waals surface area contributed by atoms with Crippen molar-refractivity contribution >= 4 is 5.82 Å². The fourth-order valence-corrected chi connectivity index (χ4v) is 2.37. The predicted octanol–water partition coefficient (Wildman–Crippen LogP) is 2.11. The number of H-pyrrole nitrogens is 1. The molecule has 0 bridgehead atoms. The van der Waals surface area contributed by atoms with Crippen molar-refractivity contribution in [3.05, 3.63) is 24.2 Å². The second-order valence-corrected chi connectivity index (χ2v) is 4.50. The summed E-state index contributed by atoms with van der Waals surface area (Å²) in [5.74, 6) is 2.76. The van der Waals surface area contributed by atoms with Crippen LogP contribution in [0.2, 0.25) is 0 Å². The fourth-order valence-electron chi connectivity index (χ4n) is 2.37. The van der Waals surface area contributed by atoms with E-state index in [0.29, 0.717) is 17.6 Å². The molecule has 5 nitrogen and oxygen atoms in total. The zero-order valence-corrected chi connectivity index (χ0v) is 9.56. The molecular weight excluding hydrogens is 214 g/mol. The maximum Gasteiger partial charge on any atom is 0.181 e. The molecule has 88 valence electrons. The quantitative estimate of drug-likeness (QED) is 0.826. The number of nitrogen functional groups attached to an aromatic ring is 1. The molecule has 2 aromatic heterocycles. The molecule has 0 aliphatic heterocycles. The number of aromatic amines is 1. The van der Waals surface area contributed by atoms with E-state index in [1.807, 2.05) is 6.07 Å². The Morgan fingerprint density at radius 2 is 2.12 bits per heavy atom. The van der Waals surface area contributed by atoms with Crippen LogP contribution in [0.1, 0.15) is 37.4 Å². The highest BCUT2D eigenvalue weighted by atomic mass is 15.2. The van der Waals surface area contributed by atoms with E-state index in [0.717, 1.165) is 11.4 Å². The first-order chi connectivity index (χ1) is 8.33. The van der Waals surface area contributed by atoms with Gasteiger partial charge >= 0.3 is 0 Å². The average molecular weight is 229 g/mol. The molecule has 3 N–H and O–H groups in total. The number of nitrogens with one attached hydrogen (secondary N) is 1. The van der Waals surface area contributed by atoms with E-state index in [9.17, 15) is 0 Å². The molecule has 2 heterocycles. The van der Waals surface area contributed by atoms with Crippen molar-refractivity contribution in [3.63, 3.8) is 0 Å². The first-order valence-corrected chi connectivity index (χ1v) is 5.97. The zero-order valence-electron chi connectivity index (χ0n) is 9.56. The van der Waals surface area contributed by atoms with Gasteiger partial charge in [-0.2, -0.15) is 5.10 Å². The molecule has 0 saturated heterocycles. The Labute approximate surface area is 99.5 Å². The van der Waals surface area contributed by atoms with Crippen molar-refractivity contribution in [2.75, 3.05) is 5.73 Å². The molecule has 1 aliphatic rings. The lowest BCUT2D eigenvalue weighted by Crippen LogP contribution is -1.94. The molecule has 0 amide bonds. The molecular formula is C12H15N5. The number of aromatic nitrogens is 4. The van der Waals surface area contributed by atoms with E-state index in [1.165, 1.54) is 25.7 Å². The van der Waals surface area contributed by atoms with Crippen LogP contribution in [-0.2, 0) is 0 Å². The summed E-state index contributed by atoms with van der Waals surface area (Å²) in [6.45, 7) is 0. The van der Waals surface area contributed by atoms with E-state index in [2.05, 4.69) is 20.2 Å². The van der Waals surface area contributed by atoms with E-state index in [1.54, 1.807) is 12.3 Å². The molecule has 0 aromatic carbocycles. The van der Waals surface area contributed by atoms with Crippen LogP contribution in [-0.4, -0.2) is 20.2 Å². The summed E-state index contributed by atoms with van der Waals surface area (Å²) in [5, 5.41) is 7.30. The molecule has 17 heavy (non-hydrogen) atoms. The second-order valence-electron chi connectivity index (χ2n) is 4.50. The van der Waals surface area contributed by atoms with E-state index in [-0.39, 0.29) is 0 Å². The standard InChI is InChI=1S/C12H15N5/c13-10-7-9(5-6-14-10)12-15-11(16-17-12)8-3-1-2-4-8/h5-8H,1-4H2,(H2,13,14)(H,15,16,17). The third-order valence-electron chi connectivity index (χ3n) is 3.28. The minimum Gasteiger partial charge on any atom is -0.384 e. The summed E-state index contributed by atoms with van der Waals surface area (Å²) < 4.78 is 0. The Hall–Kier alpha value is -1.91. The van der Waals surface area contributed by atoms with Crippen molar-refractivity contribution in [1.82, 2.24) is 20.2 Å². The minimum atomic E-state index is 0.495. The van der Waals surface area contributed by atoms with Crippen LogP contribution in [0.15, 0.2) is 18.3 Å². The molecule has 0 spiro atoms. The first kappa shape index (κ1) is 10.3. The molecule has 1 fully saturated rings. The molecule has 0 atom stereocenters. The number of hydrogen-bond donors (Lipinski definition) is 2. The van der Waals surface area contributed by atoms with Gasteiger partial charge in [0.25, 0.3) is 0 Å². The fraction of sp³-hybridized carbons (Fsp3) is 0.417. The SMILES string of the molecule is Nc1cc(-c2n[nH]c(C3CCCC3)n2)ccn1. The topological polar surface area (TPSA) is 80.5 Å². The van der Waals surface area contributed by atoms with Gasteiger partial charge in [-0.25, -0.2) is 9.97 Å². The normalized spacial score (nSPS) is 16.5. The van der Waals surface area contributed by atoms with Crippen molar-refractivity contribution in [3.8, 4) is 11.4 Å². The summed E-state index contributed by atoms with van der Waals surface area (Å²) in [4.78, 5) is 8.52. The van der Waals surface area contributed by atoms with Crippen LogP contribution < -0.4 is 5.73 Å². The van der Waals surface area contributed by atoms with Gasteiger partial charge in [0.1, 0.15) is 11.6 Å². The number of pyridine rings is 1. The highest BCUT2D eigenvalue weighted by Crippen LogP contribution is 2.32. The first-order valence-electron chi connectivity index (χ1n) is 5.97. The Morgan fingerprint density at radius 3 is 2.88 bits per heavy atom. The summed E-state index contributed by atoms with van der Waals surface area (Å²) in [7, 11) is 0. The largest absolute Gasteiger partial charge is 0.384 e. The van der Waals surface area contributed by atoms with Crippen molar-refractivity contribution < 1.29 is 0 Å². The number of hydrogen-bond acceptors (Lipinski definition) is 4. The van der Waals surface area contributed by atoms with E-state index >= 15 is 0 Å². The lowest BCUT2D eigenvalue weighted by molar-refractivity contribution is 0.672. The Morgan fingerprint density at radius 1 is 1.29 bits per heavy atom. The number of nitrogens with zero attached hydrogens (tertiary/aromatic N) is 3. The summed E-state index contributed by atoms with van der Waals surface area (Å²) >= 11 is 0. The van der Waals surface area contributed by atoms with Crippen LogP contribution in [0, 0.1) is 0 Å².